The topological polar surface area (TPSA) is 127 Å². The zero-order chi connectivity index (χ0) is 14.4. The summed E-state index contributed by atoms with van der Waals surface area (Å²) in [7, 11) is -2.73. The van der Waals surface area contributed by atoms with Gasteiger partial charge in [0.15, 0.2) is 0 Å². The van der Waals surface area contributed by atoms with Gasteiger partial charge in [-0.1, -0.05) is 0 Å². The van der Waals surface area contributed by atoms with E-state index in [1.807, 2.05) is 0 Å². The minimum Gasteiger partial charge on any atom is -0.395 e. The van der Waals surface area contributed by atoms with E-state index in [0.717, 1.165) is 12.1 Å². The Morgan fingerprint density at radius 2 is 2.21 bits per heavy atom. The Morgan fingerprint density at radius 3 is 2.74 bits per heavy atom. The van der Waals surface area contributed by atoms with Gasteiger partial charge in [-0.15, -0.1) is 0 Å². The Hall–Kier alpha value is -2.00. The first-order chi connectivity index (χ1) is 8.95. The molecule has 1 rings (SSSR count). The van der Waals surface area contributed by atoms with Crippen LogP contribution in [0.2, 0.25) is 0 Å². The van der Waals surface area contributed by atoms with Crippen LogP contribution in [0.1, 0.15) is 15.9 Å². The van der Waals surface area contributed by atoms with E-state index in [1.54, 1.807) is 0 Å². The van der Waals surface area contributed by atoms with Crippen LogP contribution in [0.5, 0.6) is 0 Å². The molecule has 0 fully saturated rings. The molecule has 0 aliphatic rings. The molecule has 0 aromatic heterocycles. The number of aliphatic hydroxyl groups excluding tert-OH is 1. The van der Waals surface area contributed by atoms with Crippen molar-refractivity contribution in [1.82, 2.24) is 5.32 Å². The first-order valence-electron chi connectivity index (χ1n) is 5.15. The summed E-state index contributed by atoms with van der Waals surface area (Å²) < 4.78 is 21.1. The molecule has 0 saturated carbocycles. The number of rotatable bonds is 6. The van der Waals surface area contributed by atoms with Crippen LogP contribution in [0.3, 0.4) is 0 Å². The molecule has 1 radical (unpaired) electrons. The predicted octanol–water partition coefficient (Wildman–Crippen LogP) is -0.772. The summed E-state index contributed by atoms with van der Waals surface area (Å²) >= 11 is 0. The van der Waals surface area contributed by atoms with Crippen LogP contribution in [-0.4, -0.2) is 37.5 Å². The van der Waals surface area contributed by atoms with Crippen molar-refractivity contribution in [2.24, 2.45) is 0 Å². The number of nitro groups is 1. The number of carbonyl (C=O) groups excluding carboxylic acids is 1. The average molecular weight is 287 g/mol. The summed E-state index contributed by atoms with van der Waals surface area (Å²) in [6.45, 7) is -0.331. The van der Waals surface area contributed by atoms with Crippen molar-refractivity contribution in [2.45, 2.75) is 5.75 Å². The number of hydrogen-bond acceptors (Lipinski definition) is 6. The highest BCUT2D eigenvalue weighted by Gasteiger charge is 2.20. The second kappa shape index (κ2) is 6.81. The van der Waals surface area contributed by atoms with Crippen LogP contribution >= 0.6 is 0 Å². The van der Waals surface area contributed by atoms with Gasteiger partial charge in [-0.2, -0.15) is 0 Å². The zero-order valence-electron chi connectivity index (χ0n) is 9.66. The largest absolute Gasteiger partial charge is 0.395 e. The molecule has 0 saturated heterocycles. The number of thiol groups is 1. The quantitative estimate of drug-likeness (QED) is 0.358. The fourth-order valence-corrected chi connectivity index (χ4v) is 1.81. The molecule has 0 aliphatic heterocycles. The summed E-state index contributed by atoms with van der Waals surface area (Å²) in [4.78, 5) is 21.7. The van der Waals surface area contributed by atoms with Crippen molar-refractivity contribution in [3.05, 3.63) is 39.4 Å². The average Bonchev–Trinajstić information content (AvgIpc) is 2.35. The minimum atomic E-state index is -2.73. The molecule has 2 N–H and O–H groups in total. The van der Waals surface area contributed by atoms with Gasteiger partial charge in [-0.05, 0) is 17.7 Å². The molecule has 0 unspecified atom stereocenters. The normalized spacial score (nSPS) is 10.4. The number of nitrogens with zero attached hydrogens (tertiary/aromatic N) is 1. The van der Waals surface area contributed by atoms with Gasteiger partial charge in [0.1, 0.15) is 16.3 Å². The van der Waals surface area contributed by atoms with E-state index in [9.17, 15) is 23.3 Å². The van der Waals surface area contributed by atoms with Crippen molar-refractivity contribution in [2.75, 3.05) is 13.2 Å². The third-order valence-electron chi connectivity index (χ3n) is 2.13. The second-order valence-corrected chi connectivity index (χ2v) is 4.47. The van der Waals surface area contributed by atoms with Crippen LogP contribution in [0, 0.1) is 16.2 Å². The van der Waals surface area contributed by atoms with E-state index in [2.05, 4.69) is 11.4 Å². The SMILES string of the molecule is O=C(NCCO)c1c[c]c(C[SH](=O)=O)cc1[N+](=O)[O-]. The van der Waals surface area contributed by atoms with Gasteiger partial charge < -0.3 is 10.4 Å². The maximum Gasteiger partial charge on any atom is 0.282 e. The van der Waals surface area contributed by atoms with Crippen LogP contribution in [0.4, 0.5) is 5.69 Å². The maximum atomic E-state index is 11.6. The van der Waals surface area contributed by atoms with E-state index in [0.29, 0.717) is 0 Å². The third-order valence-corrected chi connectivity index (χ3v) is 2.73. The van der Waals surface area contributed by atoms with Crippen molar-refractivity contribution in [1.29, 1.82) is 0 Å². The molecule has 9 heteroatoms. The summed E-state index contributed by atoms with van der Waals surface area (Å²) in [5.74, 6) is -1.11. The van der Waals surface area contributed by atoms with Crippen molar-refractivity contribution in [3.8, 4) is 0 Å². The zero-order valence-corrected chi connectivity index (χ0v) is 10.6. The second-order valence-electron chi connectivity index (χ2n) is 3.48. The summed E-state index contributed by atoms with van der Waals surface area (Å²) in [5.41, 5.74) is -0.620. The number of hydrogen-bond donors (Lipinski definition) is 3. The van der Waals surface area contributed by atoms with Gasteiger partial charge in [-0.25, -0.2) is 8.42 Å². The number of carbonyl (C=O) groups is 1. The number of nitro benzene ring substituents is 1. The van der Waals surface area contributed by atoms with E-state index in [4.69, 9.17) is 5.11 Å². The first kappa shape index (κ1) is 15.1. The predicted molar refractivity (Wildman–Crippen MR) is 65.4 cm³/mol. The lowest BCUT2D eigenvalue weighted by Gasteiger charge is -2.05. The summed E-state index contributed by atoms with van der Waals surface area (Å²) in [6, 6.07) is 4.58. The van der Waals surface area contributed by atoms with E-state index in [1.165, 1.54) is 0 Å². The van der Waals surface area contributed by atoms with Crippen molar-refractivity contribution in [3.63, 3.8) is 0 Å². The summed E-state index contributed by atoms with van der Waals surface area (Å²) in [5, 5.41) is 21.7. The molecule has 0 bridgehead atoms. The fraction of sp³-hybridized carbons (Fsp3) is 0.300. The van der Waals surface area contributed by atoms with Crippen LogP contribution in [0.25, 0.3) is 0 Å². The first-order valence-corrected chi connectivity index (χ1v) is 6.52. The highest BCUT2D eigenvalue weighted by molar-refractivity contribution is 7.71. The van der Waals surface area contributed by atoms with Gasteiger partial charge in [-0.3, -0.25) is 14.9 Å². The molecular weight excluding hydrogens is 276 g/mol. The Kier molecular flexibility index (Phi) is 5.39. The molecule has 0 spiro atoms. The van der Waals surface area contributed by atoms with Gasteiger partial charge in [0.2, 0.25) is 0 Å². The summed E-state index contributed by atoms with van der Waals surface area (Å²) in [6.07, 6.45) is 0. The Morgan fingerprint density at radius 1 is 1.53 bits per heavy atom. The number of amides is 1. The van der Waals surface area contributed by atoms with E-state index in [-0.39, 0.29) is 30.0 Å². The lowest BCUT2D eigenvalue weighted by molar-refractivity contribution is -0.385. The molecular formula is C10H11N2O6S. The van der Waals surface area contributed by atoms with Crippen LogP contribution in [0.15, 0.2) is 12.1 Å². The van der Waals surface area contributed by atoms with Gasteiger partial charge in [0, 0.05) is 12.6 Å². The molecule has 0 heterocycles. The minimum absolute atomic E-state index is 0.0375. The van der Waals surface area contributed by atoms with E-state index < -0.39 is 27.2 Å². The van der Waals surface area contributed by atoms with Gasteiger partial charge in [0.05, 0.1) is 17.3 Å². The molecule has 0 aliphatic carbocycles. The standard InChI is InChI=1S/C10H11N2O6S/c13-4-3-11-10(14)8-2-1-7(6-19(17)18)5-9(8)12(15)16/h2,5,13,19H,3-4,6H2,(H,11,14). The van der Waals surface area contributed by atoms with Crippen LogP contribution in [-0.2, 0) is 16.5 Å². The van der Waals surface area contributed by atoms with E-state index >= 15 is 0 Å². The highest BCUT2D eigenvalue weighted by atomic mass is 32.2. The molecule has 1 amide bonds. The Labute approximate surface area is 110 Å². The third kappa shape index (κ3) is 4.30. The molecule has 0 atom stereocenters. The van der Waals surface area contributed by atoms with Crippen LogP contribution < -0.4 is 5.32 Å². The molecule has 103 valence electrons. The highest BCUT2D eigenvalue weighted by Crippen LogP contribution is 2.20. The fourth-order valence-electron chi connectivity index (χ4n) is 1.35. The number of aliphatic hydroxyl groups is 1. The number of benzene rings is 1. The lowest BCUT2D eigenvalue weighted by atomic mass is 10.1. The molecule has 8 nitrogen and oxygen atoms in total. The molecule has 1 aromatic carbocycles. The Bertz CT molecular complexity index is 561. The van der Waals surface area contributed by atoms with Gasteiger partial charge >= 0.3 is 0 Å². The van der Waals surface area contributed by atoms with Gasteiger partial charge in [0.25, 0.3) is 11.6 Å². The molecule has 19 heavy (non-hydrogen) atoms. The Balaban J connectivity index is 3.11. The van der Waals surface area contributed by atoms with Crippen molar-refractivity contribution >= 4 is 22.3 Å². The number of nitrogens with one attached hydrogen (secondary N) is 1. The monoisotopic (exact) mass is 287 g/mol. The molecule has 1 aromatic rings. The lowest BCUT2D eigenvalue weighted by Crippen LogP contribution is -2.27. The van der Waals surface area contributed by atoms with Crippen molar-refractivity contribution < 1.29 is 23.2 Å². The smallest absolute Gasteiger partial charge is 0.282 e. The maximum absolute atomic E-state index is 11.6.